The predicted octanol–water partition coefficient (Wildman–Crippen LogP) is 2.56. The molecule has 0 aliphatic heterocycles. The zero-order valence-electron chi connectivity index (χ0n) is 10.9. The van der Waals surface area contributed by atoms with Gasteiger partial charge in [0.25, 0.3) is 0 Å². The number of nitrogens with one attached hydrogen (secondary N) is 1. The van der Waals surface area contributed by atoms with E-state index in [-0.39, 0.29) is 6.03 Å². The van der Waals surface area contributed by atoms with E-state index >= 15 is 0 Å². The van der Waals surface area contributed by atoms with Gasteiger partial charge in [-0.05, 0) is 24.5 Å². The zero-order valence-corrected chi connectivity index (χ0v) is 10.9. The van der Waals surface area contributed by atoms with Gasteiger partial charge in [-0.3, -0.25) is 4.98 Å². The molecule has 0 bridgehead atoms. The molecule has 98 valence electrons. The minimum absolute atomic E-state index is 0.0192. The van der Waals surface area contributed by atoms with Crippen LogP contribution in [0.5, 0.6) is 0 Å². The quantitative estimate of drug-likeness (QED) is 0.892. The van der Waals surface area contributed by atoms with Crippen LogP contribution in [0.25, 0.3) is 0 Å². The second kappa shape index (κ2) is 6.38. The third-order valence-corrected chi connectivity index (χ3v) is 3.61. The highest BCUT2D eigenvalue weighted by Gasteiger charge is 2.21. The predicted molar refractivity (Wildman–Crippen MR) is 71.1 cm³/mol. The topological polar surface area (TPSA) is 45.2 Å². The van der Waals surface area contributed by atoms with E-state index in [0.29, 0.717) is 12.6 Å². The molecule has 1 aliphatic rings. The molecule has 0 radical (unpaired) electrons. The molecule has 1 N–H and O–H groups in total. The van der Waals surface area contributed by atoms with E-state index in [2.05, 4.69) is 10.3 Å². The van der Waals surface area contributed by atoms with Gasteiger partial charge >= 0.3 is 6.03 Å². The summed E-state index contributed by atoms with van der Waals surface area (Å²) < 4.78 is 0. The van der Waals surface area contributed by atoms with E-state index in [4.69, 9.17) is 0 Å². The maximum Gasteiger partial charge on any atom is 0.317 e. The number of carbonyl (C=O) groups is 1. The van der Waals surface area contributed by atoms with E-state index in [0.717, 1.165) is 18.4 Å². The first-order valence-corrected chi connectivity index (χ1v) is 6.67. The minimum Gasteiger partial charge on any atom is -0.334 e. The fraction of sp³-hybridized carbons (Fsp3) is 0.571. The Balaban J connectivity index is 1.80. The number of rotatable bonds is 3. The van der Waals surface area contributed by atoms with Crippen LogP contribution >= 0.6 is 0 Å². The molecule has 18 heavy (non-hydrogen) atoms. The van der Waals surface area contributed by atoms with Crippen molar-refractivity contribution < 1.29 is 4.79 Å². The molecule has 4 heteroatoms. The molecule has 1 saturated carbocycles. The van der Waals surface area contributed by atoms with Gasteiger partial charge in [-0.25, -0.2) is 4.79 Å². The number of urea groups is 1. The van der Waals surface area contributed by atoms with Gasteiger partial charge in [0.05, 0.1) is 0 Å². The van der Waals surface area contributed by atoms with Crippen molar-refractivity contribution in [2.45, 2.75) is 44.7 Å². The molecule has 1 aromatic rings. The first-order chi connectivity index (χ1) is 8.77. The first kappa shape index (κ1) is 12.9. The van der Waals surface area contributed by atoms with Gasteiger partial charge in [0.1, 0.15) is 0 Å². The van der Waals surface area contributed by atoms with Crippen LogP contribution in [-0.4, -0.2) is 29.0 Å². The maximum absolute atomic E-state index is 12.0. The van der Waals surface area contributed by atoms with Crippen LogP contribution in [0.1, 0.15) is 37.7 Å². The molecule has 1 fully saturated rings. The fourth-order valence-electron chi connectivity index (χ4n) is 2.44. The summed E-state index contributed by atoms with van der Waals surface area (Å²) in [6.07, 6.45) is 9.57. The maximum atomic E-state index is 12.0. The van der Waals surface area contributed by atoms with Gasteiger partial charge in [-0.2, -0.15) is 0 Å². The molecular formula is C14H21N3O. The number of hydrogen-bond donors (Lipinski definition) is 1. The van der Waals surface area contributed by atoms with Crippen LogP contribution in [0, 0.1) is 0 Å². The standard InChI is InChI=1S/C14H21N3O/c1-17(13-7-3-2-4-8-13)14(18)16-11-12-6-5-9-15-10-12/h5-6,9-10,13H,2-4,7-8,11H2,1H3,(H,16,18). The van der Waals surface area contributed by atoms with Crippen molar-refractivity contribution in [2.24, 2.45) is 0 Å². The summed E-state index contributed by atoms with van der Waals surface area (Å²) in [7, 11) is 1.90. The van der Waals surface area contributed by atoms with Crippen molar-refractivity contribution in [1.29, 1.82) is 0 Å². The average molecular weight is 247 g/mol. The Morgan fingerprint density at radius 2 is 2.22 bits per heavy atom. The van der Waals surface area contributed by atoms with Crippen molar-refractivity contribution in [3.63, 3.8) is 0 Å². The van der Waals surface area contributed by atoms with Gasteiger partial charge in [0, 0.05) is 32.0 Å². The molecule has 0 saturated heterocycles. The van der Waals surface area contributed by atoms with Crippen LogP contribution < -0.4 is 5.32 Å². The van der Waals surface area contributed by atoms with Crippen LogP contribution in [-0.2, 0) is 6.54 Å². The van der Waals surface area contributed by atoms with Crippen molar-refractivity contribution in [3.05, 3.63) is 30.1 Å². The fourth-order valence-corrected chi connectivity index (χ4v) is 2.44. The summed E-state index contributed by atoms with van der Waals surface area (Å²) in [4.78, 5) is 17.9. The smallest absolute Gasteiger partial charge is 0.317 e. The number of nitrogens with zero attached hydrogens (tertiary/aromatic N) is 2. The number of aromatic nitrogens is 1. The molecular weight excluding hydrogens is 226 g/mol. The molecule has 0 aromatic carbocycles. The summed E-state index contributed by atoms with van der Waals surface area (Å²) >= 11 is 0. The Labute approximate surface area is 108 Å². The first-order valence-electron chi connectivity index (χ1n) is 6.67. The highest BCUT2D eigenvalue weighted by Crippen LogP contribution is 2.21. The lowest BCUT2D eigenvalue weighted by Gasteiger charge is -2.31. The molecule has 0 unspecified atom stereocenters. The third-order valence-electron chi connectivity index (χ3n) is 3.61. The molecule has 4 nitrogen and oxygen atoms in total. The van der Waals surface area contributed by atoms with Gasteiger partial charge in [-0.15, -0.1) is 0 Å². The normalized spacial score (nSPS) is 16.3. The zero-order chi connectivity index (χ0) is 12.8. The number of carbonyl (C=O) groups excluding carboxylic acids is 1. The average Bonchev–Trinajstić information content (AvgIpc) is 2.46. The highest BCUT2D eigenvalue weighted by atomic mass is 16.2. The number of amides is 2. The SMILES string of the molecule is CN(C(=O)NCc1cccnc1)C1CCCCC1. The highest BCUT2D eigenvalue weighted by molar-refractivity contribution is 5.74. The van der Waals surface area contributed by atoms with Crippen molar-refractivity contribution >= 4 is 6.03 Å². The van der Waals surface area contributed by atoms with Crippen molar-refractivity contribution in [2.75, 3.05) is 7.05 Å². The molecule has 1 heterocycles. The lowest BCUT2D eigenvalue weighted by molar-refractivity contribution is 0.173. The Morgan fingerprint density at radius 1 is 1.44 bits per heavy atom. The van der Waals surface area contributed by atoms with Gasteiger partial charge in [0.2, 0.25) is 0 Å². The van der Waals surface area contributed by atoms with Crippen LogP contribution in [0.3, 0.4) is 0 Å². The monoisotopic (exact) mass is 247 g/mol. The summed E-state index contributed by atoms with van der Waals surface area (Å²) in [6.45, 7) is 0.545. The Hall–Kier alpha value is -1.58. The summed E-state index contributed by atoms with van der Waals surface area (Å²) in [6, 6.07) is 4.28. The molecule has 2 rings (SSSR count). The summed E-state index contributed by atoms with van der Waals surface area (Å²) in [5, 5.41) is 2.94. The Morgan fingerprint density at radius 3 is 2.89 bits per heavy atom. The van der Waals surface area contributed by atoms with Crippen molar-refractivity contribution in [3.8, 4) is 0 Å². The second-order valence-corrected chi connectivity index (χ2v) is 4.92. The molecule has 1 aliphatic carbocycles. The minimum atomic E-state index is 0.0192. The van der Waals surface area contributed by atoms with E-state index in [9.17, 15) is 4.79 Å². The van der Waals surface area contributed by atoms with Crippen LogP contribution in [0.2, 0.25) is 0 Å². The van der Waals surface area contributed by atoms with E-state index in [1.165, 1.54) is 19.3 Å². The number of hydrogen-bond acceptors (Lipinski definition) is 2. The molecule has 0 spiro atoms. The molecule has 0 atom stereocenters. The van der Waals surface area contributed by atoms with Gasteiger partial charge < -0.3 is 10.2 Å². The summed E-state index contributed by atoms with van der Waals surface area (Å²) in [5.41, 5.74) is 1.03. The van der Waals surface area contributed by atoms with Crippen molar-refractivity contribution in [1.82, 2.24) is 15.2 Å². The molecule has 2 amide bonds. The van der Waals surface area contributed by atoms with Crippen LogP contribution in [0.4, 0.5) is 4.79 Å². The Bertz CT molecular complexity index is 374. The largest absolute Gasteiger partial charge is 0.334 e. The lowest BCUT2D eigenvalue weighted by Crippen LogP contribution is -2.44. The van der Waals surface area contributed by atoms with Gasteiger partial charge in [0.15, 0.2) is 0 Å². The second-order valence-electron chi connectivity index (χ2n) is 4.92. The molecule has 1 aromatic heterocycles. The van der Waals surface area contributed by atoms with Gasteiger partial charge in [-0.1, -0.05) is 25.3 Å². The van der Waals surface area contributed by atoms with E-state index in [1.54, 1.807) is 12.4 Å². The summed E-state index contributed by atoms with van der Waals surface area (Å²) in [5.74, 6) is 0. The van der Waals surface area contributed by atoms with Crippen LogP contribution in [0.15, 0.2) is 24.5 Å². The third kappa shape index (κ3) is 3.45. The Kier molecular flexibility index (Phi) is 4.56. The van der Waals surface area contributed by atoms with E-state index in [1.807, 2.05) is 24.1 Å². The number of pyridine rings is 1. The lowest BCUT2D eigenvalue weighted by atomic mass is 9.95. The van der Waals surface area contributed by atoms with E-state index < -0.39 is 0 Å².